The normalized spacial score (nSPS) is 24.5. The molecule has 0 unspecified atom stereocenters. The quantitative estimate of drug-likeness (QED) is 0.903. The lowest BCUT2D eigenvalue weighted by molar-refractivity contribution is -0.0720. The number of piperidine rings is 1. The summed E-state index contributed by atoms with van der Waals surface area (Å²) in [5.41, 5.74) is 0.520. The van der Waals surface area contributed by atoms with Gasteiger partial charge in [0, 0.05) is 23.9 Å². The molecule has 0 bridgehead atoms. The van der Waals surface area contributed by atoms with E-state index in [0.29, 0.717) is 37.1 Å². The smallest absolute Gasteiger partial charge is 0.257 e. The van der Waals surface area contributed by atoms with Crippen molar-refractivity contribution >= 4 is 16.9 Å². The molecule has 2 atom stereocenters. The van der Waals surface area contributed by atoms with Gasteiger partial charge < -0.3 is 19.5 Å². The number of benzene rings is 1. The fraction of sp³-hybridized carbons (Fsp3) is 0.526. The van der Waals surface area contributed by atoms with E-state index in [4.69, 9.17) is 4.42 Å². The molecule has 1 aromatic heterocycles. The Bertz CT molecular complexity index is 738. The molecule has 3 rings (SSSR count). The number of rotatable bonds is 4. The number of amides is 1. The van der Waals surface area contributed by atoms with Gasteiger partial charge in [0.15, 0.2) is 0 Å². The average Bonchev–Trinajstić information content (AvgIpc) is 2.96. The molecular formula is C19H25NO4. The van der Waals surface area contributed by atoms with Crippen LogP contribution in [-0.4, -0.2) is 46.8 Å². The van der Waals surface area contributed by atoms with Crippen LogP contribution in [0.15, 0.2) is 28.7 Å². The SMILES string of the molecule is CCC[C@@]1(CO)CN(C(=O)c2cccc3cc(C)oc23)CC[C@H]1O. The van der Waals surface area contributed by atoms with Crippen LogP contribution < -0.4 is 0 Å². The van der Waals surface area contributed by atoms with Crippen LogP contribution in [0, 0.1) is 12.3 Å². The van der Waals surface area contributed by atoms with Gasteiger partial charge in [-0.3, -0.25) is 4.79 Å². The summed E-state index contributed by atoms with van der Waals surface area (Å²) in [5.74, 6) is 0.672. The van der Waals surface area contributed by atoms with Crippen molar-refractivity contribution in [3.05, 3.63) is 35.6 Å². The second-order valence-electron chi connectivity index (χ2n) is 6.88. The lowest BCUT2D eigenvalue weighted by Gasteiger charge is -2.45. The van der Waals surface area contributed by atoms with Crippen molar-refractivity contribution in [2.45, 2.75) is 39.2 Å². The minimum absolute atomic E-state index is 0.101. The van der Waals surface area contributed by atoms with E-state index in [1.807, 2.05) is 32.0 Å². The zero-order valence-corrected chi connectivity index (χ0v) is 14.3. The third kappa shape index (κ3) is 2.82. The molecule has 1 amide bonds. The molecule has 1 aliphatic rings. The largest absolute Gasteiger partial charge is 0.461 e. The Morgan fingerprint density at radius 2 is 2.25 bits per heavy atom. The minimum atomic E-state index is -0.629. The zero-order valence-electron chi connectivity index (χ0n) is 14.3. The monoisotopic (exact) mass is 331 g/mol. The van der Waals surface area contributed by atoms with E-state index in [1.165, 1.54) is 0 Å². The van der Waals surface area contributed by atoms with E-state index >= 15 is 0 Å². The molecule has 0 saturated carbocycles. The van der Waals surface area contributed by atoms with Gasteiger partial charge in [0.2, 0.25) is 0 Å². The third-order valence-corrected chi connectivity index (χ3v) is 5.13. The first-order chi connectivity index (χ1) is 11.5. The van der Waals surface area contributed by atoms with Crippen molar-refractivity contribution in [3.8, 4) is 0 Å². The summed E-state index contributed by atoms with van der Waals surface area (Å²) in [6, 6.07) is 7.48. The number of carbonyl (C=O) groups excluding carboxylic acids is 1. The average molecular weight is 331 g/mol. The first kappa shape index (κ1) is 17.0. The van der Waals surface area contributed by atoms with Gasteiger partial charge in [-0.05, 0) is 31.9 Å². The van der Waals surface area contributed by atoms with Gasteiger partial charge in [0.05, 0.1) is 18.3 Å². The number of para-hydroxylation sites is 1. The number of aryl methyl sites for hydroxylation is 1. The maximum Gasteiger partial charge on any atom is 0.257 e. The molecule has 0 radical (unpaired) electrons. The lowest BCUT2D eigenvalue weighted by Crippen LogP contribution is -2.55. The van der Waals surface area contributed by atoms with Crippen LogP contribution in [0.1, 0.15) is 42.3 Å². The predicted octanol–water partition coefficient (Wildman–Crippen LogP) is 2.73. The number of furan rings is 1. The maximum absolute atomic E-state index is 13.0. The van der Waals surface area contributed by atoms with Crippen LogP contribution >= 0.6 is 0 Å². The maximum atomic E-state index is 13.0. The predicted molar refractivity (Wildman–Crippen MR) is 91.9 cm³/mol. The summed E-state index contributed by atoms with van der Waals surface area (Å²) >= 11 is 0. The molecular weight excluding hydrogens is 306 g/mol. The molecule has 1 aromatic carbocycles. The van der Waals surface area contributed by atoms with E-state index in [0.717, 1.165) is 17.6 Å². The summed E-state index contributed by atoms with van der Waals surface area (Å²) in [4.78, 5) is 14.8. The highest BCUT2D eigenvalue weighted by atomic mass is 16.3. The van der Waals surface area contributed by atoms with Gasteiger partial charge in [0.25, 0.3) is 5.91 Å². The van der Waals surface area contributed by atoms with Crippen LogP contribution in [0.5, 0.6) is 0 Å². The lowest BCUT2D eigenvalue weighted by atomic mass is 9.74. The molecule has 5 nitrogen and oxygen atoms in total. The Labute approximate surface area is 141 Å². The molecule has 2 N–H and O–H groups in total. The van der Waals surface area contributed by atoms with Crippen LogP contribution in [0.2, 0.25) is 0 Å². The molecule has 0 spiro atoms. The molecule has 0 aliphatic carbocycles. The van der Waals surface area contributed by atoms with E-state index in [2.05, 4.69) is 0 Å². The highest BCUT2D eigenvalue weighted by molar-refractivity contribution is 6.05. The molecule has 1 aliphatic heterocycles. The second-order valence-corrected chi connectivity index (χ2v) is 6.88. The van der Waals surface area contributed by atoms with E-state index in [-0.39, 0.29) is 12.5 Å². The first-order valence-corrected chi connectivity index (χ1v) is 8.58. The number of aliphatic hydroxyl groups excluding tert-OH is 2. The highest BCUT2D eigenvalue weighted by Crippen LogP contribution is 2.35. The topological polar surface area (TPSA) is 73.9 Å². The summed E-state index contributed by atoms with van der Waals surface area (Å²) in [6.45, 7) is 4.63. The summed E-state index contributed by atoms with van der Waals surface area (Å²) < 4.78 is 5.71. The molecule has 5 heteroatoms. The van der Waals surface area contributed by atoms with Crippen molar-refractivity contribution in [2.24, 2.45) is 5.41 Å². The molecule has 2 heterocycles. The number of hydrogen-bond acceptors (Lipinski definition) is 4. The van der Waals surface area contributed by atoms with Crippen molar-refractivity contribution in [3.63, 3.8) is 0 Å². The summed E-state index contributed by atoms with van der Waals surface area (Å²) in [6.07, 6.45) is 1.46. The van der Waals surface area contributed by atoms with Gasteiger partial charge in [-0.15, -0.1) is 0 Å². The number of fused-ring (bicyclic) bond motifs is 1. The fourth-order valence-corrected chi connectivity index (χ4v) is 3.83. The molecule has 1 saturated heterocycles. The Balaban J connectivity index is 1.91. The summed E-state index contributed by atoms with van der Waals surface area (Å²) in [7, 11) is 0. The van der Waals surface area contributed by atoms with Gasteiger partial charge in [-0.1, -0.05) is 25.5 Å². The number of aliphatic hydroxyl groups is 2. The summed E-state index contributed by atoms with van der Waals surface area (Å²) in [5, 5.41) is 21.2. The third-order valence-electron chi connectivity index (χ3n) is 5.13. The Morgan fingerprint density at radius 1 is 1.46 bits per heavy atom. The number of carbonyl (C=O) groups is 1. The number of nitrogens with zero attached hydrogens (tertiary/aromatic N) is 1. The Kier molecular flexibility index (Phi) is 4.65. The highest BCUT2D eigenvalue weighted by Gasteiger charge is 2.43. The van der Waals surface area contributed by atoms with Crippen LogP contribution in [0.4, 0.5) is 0 Å². The fourth-order valence-electron chi connectivity index (χ4n) is 3.83. The number of likely N-dealkylation sites (tertiary alicyclic amines) is 1. The molecule has 1 fully saturated rings. The van der Waals surface area contributed by atoms with Crippen LogP contribution in [0.3, 0.4) is 0 Å². The number of hydrogen-bond donors (Lipinski definition) is 2. The van der Waals surface area contributed by atoms with Crippen molar-refractivity contribution in [2.75, 3.05) is 19.7 Å². The van der Waals surface area contributed by atoms with E-state index in [9.17, 15) is 15.0 Å². The van der Waals surface area contributed by atoms with Gasteiger partial charge in [0.1, 0.15) is 11.3 Å². The first-order valence-electron chi connectivity index (χ1n) is 8.58. The van der Waals surface area contributed by atoms with Crippen molar-refractivity contribution < 1.29 is 19.4 Å². The molecule has 2 aromatic rings. The second kappa shape index (κ2) is 6.57. The molecule has 130 valence electrons. The standard InChI is InChI=1S/C19H25NO4/c1-3-8-19(12-21)11-20(9-7-16(19)22)18(23)15-6-4-5-14-10-13(2)24-17(14)15/h4-6,10,16,21-22H,3,7-9,11-12H2,1-2H3/t16-,19+/m1/s1. The van der Waals surface area contributed by atoms with Gasteiger partial charge >= 0.3 is 0 Å². The Morgan fingerprint density at radius 3 is 2.96 bits per heavy atom. The van der Waals surface area contributed by atoms with E-state index in [1.54, 1.807) is 11.0 Å². The van der Waals surface area contributed by atoms with Crippen LogP contribution in [-0.2, 0) is 0 Å². The van der Waals surface area contributed by atoms with Crippen molar-refractivity contribution in [1.29, 1.82) is 0 Å². The van der Waals surface area contributed by atoms with E-state index < -0.39 is 11.5 Å². The minimum Gasteiger partial charge on any atom is -0.461 e. The van der Waals surface area contributed by atoms with Gasteiger partial charge in [-0.2, -0.15) is 0 Å². The van der Waals surface area contributed by atoms with Crippen molar-refractivity contribution in [1.82, 2.24) is 4.90 Å². The van der Waals surface area contributed by atoms with Gasteiger partial charge in [-0.25, -0.2) is 0 Å². The van der Waals surface area contributed by atoms with Crippen LogP contribution in [0.25, 0.3) is 11.0 Å². The molecule has 24 heavy (non-hydrogen) atoms. The zero-order chi connectivity index (χ0) is 17.3. The Hall–Kier alpha value is -1.85.